The minimum atomic E-state index is -3.15. The van der Waals surface area contributed by atoms with Gasteiger partial charge in [-0.1, -0.05) is 17.6 Å². The third-order valence-electron chi connectivity index (χ3n) is 5.87. The predicted octanol–water partition coefficient (Wildman–Crippen LogP) is 2.45. The van der Waals surface area contributed by atoms with E-state index in [2.05, 4.69) is 35.4 Å². The van der Waals surface area contributed by atoms with Crippen LogP contribution in [0, 0.1) is 0 Å². The van der Waals surface area contributed by atoms with E-state index in [4.69, 9.17) is 10.3 Å². The van der Waals surface area contributed by atoms with Crippen molar-refractivity contribution in [1.29, 1.82) is 0 Å². The van der Waals surface area contributed by atoms with Crippen LogP contribution in [0.1, 0.15) is 30.7 Å². The minimum Gasteiger partial charge on any atom is -0.368 e. The van der Waals surface area contributed by atoms with Gasteiger partial charge in [-0.15, -0.1) is 0 Å². The molecule has 4 heterocycles. The lowest BCUT2D eigenvalue weighted by atomic mass is 9.64. The topological polar surface area (TPSA) is 163 Å². The molecular formula is C22H22N8O3S. The Balaban J connectivity index is 1.36. The van der Waals surface area contributed by atoms with Gasteiger partial charge in [0.25, 0.3) is 5.89 Å². The first-order valence-electron chi connectivity index (χ1n) is 10.6. The number of hydrogen-bond acceptors (Lipinski definition) is 11. The van der Waals surface area contributed by atoms with Crippen molar-refractivity contribution < 1.29 is 12.9 Å². The van der Waals surface area contributed by atoms with Gasteiger partial charge in [0.05, 0.1) is 16.7 Å². The van der Waals surface area contributed by atoms with E-state index < -0.39 is 9.84 Å². The molecule has 3 N–H and O–H groups in total. The zero-order chi connectivity index (χ0) is 23.8. The highest BCUT2D eigenvalue weighted by atomic mass is 32.2. The van der Waals surface area contributed by atoms with Gasteiger partial charge in [-0.25, -0.2) is 23.4 Å². The normalized spacial score (nSPS) is 15.0. The summed E-state index contributed by atoms with van der Waals surface area (Å²) in [7, 11) is -3.15. The number of hydrogen-bond donors (Lipinski definition) is 2. The fourth-order valence-corrected chi connectivity index (χ4v) is 4.26. The number of nitrogen functional groups attached to an aromatic ring is 1. The molecule has 0 unspecified atom stereocenters. The molecule has 0 atom stereocenters. The largest absolute Gasteiger partial charge is 0.368 e. The first-order chi connectivity index (χ1) is 16.3. The van der Waals surface area contributed by atoms with Crippen LogP contribution < -0.4 is 11.1 Å². The minimum absolute atomic E-state index is 0.190. The van der Waals surface area contributed by atoms with Gasteiger partial charge in [0, 0.05) is 36.6 Å². The number of anilines is 2. The molecule has 1 fully saturated rings. The second-order valence-electron chi connectivity index (χ2n) is 8.30. The predicted molar refractivity (Wildman–Crippen MR) is 125 cm³/mol. The van der Waals surface area contributed by atoms with Gasteiger partial charge in [0.1, 0.15) is 11.7 Å². The van der Waals surface area contributed by atoms with Crippen molar-refractivity contribution in [3.05, 3.63) is 60.4 Å². The van der Waals surface area contributed by atoms with E-state index in [1.54, 1.807) is 30.7 Å². The molecule has 174 valence electrons. The summed E-state index contributed by atoms with van der Waals surface area (Å²) in [4.78, 5) is 21.5. The monoisotopic (exact) mass is 478 g/mol. The molecule has 4 aromatic rings. The summed E-state index contributed by atoms with van der Waals surface area (Å²) in [5.41, 5.74) is 8.41. The molecule has 0 bridgehead atoms. The second-order valence-corrected chi connectivity index (χ2v) is 10.4. The van der Waals surface area contributed by atoms with Gasteiger partial charge in [0.15, 0.2) is 15.7 Å². The Bertz CT molecular complexity index is 1400. The molecule has 0 aliphatic heterocycles. The SMILES string of the molecule is CS(=O)(=O)CNc1ccc(-c2nc(C3(c4ccc(-c5cnc(N)nc5)nc4)CCC3)no2)cn1. The highest BCUT2D eigenvalue weighted by Crippen LogP contribution is 2.48. The van der Waals surface area contributed by atoms with Gasteiger partial charge in [-0.2, -0.15) is 4.98 Å². The Morgan fingerprint density at radius 1 is 1.00 bits per heavy atom. The summed E-state index contributed by atoms with van der Waals surface area (Å²) in [6.45, 7) is 0. The number of pyridine rings is 2. The molecule has 0 radical (unpaired) electrons. The van der Waals surface area contributed by atoms with Crippen molar-refractivity contribution in [3.8, 4) is 22.7 Å². The standard InChI is InChI=1S/C22H22N8O3S/c1-34(31,32)13-28-18-6-3-14(9-25-18)19-29-20(30-33-19)22(7-2-8-22)16-4-5-17(24-12-16)15-10-26-21(23)27-11-15/h3-6,9-12H,2,7-8,13H2,1H3,(H,25,28)(H2,23,26,27). The van der Waals surface area contributed by atoms with Crippen LogP contribution in [-0.2, 0) is 15.3 Å². The first kappa shape index (κ1) is 21.9. The molecule has 0 spiro atoms. The highest BCUT2D eigenvalue weighted by molar-refractivity contribution is 7.90. The van der Waals surface area contributed by atoms with Crippen molar-refractivity contribution in [1.82, 2.24) is 30.1 Å². The molecule has 4 aromatic heterocycles. The number of nitrogens with zero attached hydrogens (tertiary/aromatic N) is 6. The van der Waals surface area contributed by atoms with Crippen LogP contribution in [0.15, 0.2) is 53.6 Å². The van der Waals surface area contributed by atoms with Crippen molar-refractivity contribution in [2.75, 3.05) is 23.2 Å². The van der Waals surface area contributed by atoms with E-state index in [1.165, 1.54) is 0 Å². The van der Waals surface area contributed by atoms with E-state index in [1.807, 2.05) is 18.3 Å². The second kappa shape index (κ2) is 8.45. The maximum absolute atomic E-state index is 11.3. The van der Waals surface area contributed by atoms with Gasteiger partial charge in [0.2, 0.25) is 5.95 Å². The molecule has 11 nitrogen and oxygen atoms in total. The third-order valence-corrected chi connectivity index (χ3v) is 6.54. The summed E-state index contributed by atoms with van der Waals surface area (Å²) < 4.78 is 28.2. The zero-order valence-corrected chi connectivity index (χ0v) is 19.2. The van der Waals surface area contributed by atoms with Gasteiger partial charge < -0.3 is 15.6 Å². The van der Waals surface area contributed by atoms with Crippen LogP contribution in [0.2, 0.25) is 0 Å². The summed E-state index contributed by atoms with van der Waals surface area (Å²) >= 11 is 0. The Labute approximate surface area is 195 Å². The summed E-state index contributed by atoms with van der Waals surface area (Å²) in [6.07, 6.45) is 10.7. The Morgan fingerprint density at radius 3 is 2.35 bits per heavy atom. The number of nitrogens with one attached hydrogen (secondary N) is 1. The molecule has 0 amide bonds. The average molecular weight is 479 g/mol. The third kappa shape index (κ3) is 4.31. The molecule has 34 heavy (non-hydrogen) atoms. The number of rotatable bonds is 7. The molecule has 1 aliphatic carbocycles. The van der Waals surface area contributed by atoms with Crippen LogP contribution >= 0.6 is 0 Å². The smallest absolute Gasteiger partial charge is 0.259 e. The van der Waals surface area contributed by atoms with E-state index in [9.17, 15) is 8.42 Å². The average Bonchev–Trinajstić information content (AvgIpc) is 3.28. The zero-order valence-electron chi connectivity index (χ0n) is 18.3. The van der Waals surface area contributed by atoms with Crippen molar-refractivity contribution >= 4 is 21.6 Å². The summed E-state index contributed by atoms with van der Waals surface area (Å²) in [5, 5.41) is 7.04. The summed E-state index contributed by atoms with van der Waals surface area (Å²) in [5.74, 6) is 1.44. The molecule has 1 saturated carbocycles. The van der Waals surface area contributed by atoms with Crippen molar-refractivity contribution in [2.45, 2.75) is 24.7 Å². The van der Waals surface area contributed by atoms with E-state index in [0.29, 0.717) is 23.1 Å². The lowest BCUT2D eigenvalue weighted by molar-refractivity contribution is 0.272. The van der Waals surface area contributed by atoms with E-state index in [-0.39, 0.29) is 17.2 Å². The molecule has 12 heteroatoms. The first-order valence-corrected chi connectivity index (χ1v) is 12.7. The molecule has 1 aliphatic rings. The van der Waals surface area contributed by atoms with Crippen LogP contribution in [0.5, 0.6) is 0 Å². The lowest BCUT2D eigenvalue weighted by Crippen LogP contribution is -2.36. The maximum atomic E-state index is 11.3. The van der Waals surface area contributed by atoms with E-state index in [0.717, 1.165) is 42.3 Å². The Morgan fingerprint density at radius 2 is 1.76 bits per heavy atom. The van der Waals surface area contributed by atoms with Crippen LogP contribution in [0.3, 0.4) is 0 Å². The Hall–Kier alpha value is -3.93. The lowest BCUT2D eigenvalue weighted by Gasteiger charge is -2.39. The van der Waals surface area contributed by atoms with Gasteiger partial charge >= 0.3 is 0 Å². The fraction of sp³-hybridized carbons (Fsp3) is 0.273. The van der Waals surface area contributed by atoms with Crippen molar-refractivity contribution in [2.24, 2.45) is 0 Å². The number of sulfone groups is 1. The molecule has 5 rings (SSSR count). The van der Waals surface area contributed by atoms with Crippen LogP contribution in [0.25, 0.3) is 22.7 Å². The van der Waals surface area contributed by atoms with E-state index >= 15 is 0 Å². The molecule has 0 saturated heterocycles. The van der Waals surface area contributed by atoms with Crippen LogP contribution in [-0.4, -0.2) is 50.6 Å². The van der Waals surface area contributed by atoms with Gasteiger partial charge in [-0.05, 0) is 36.6 Å². The van der Waals surface area contributed by atoms with Crippen molar-refractivity contribution in [3.63, 3.8) is 0 Å². The fourth-order valence-electron chi connectivity index (χ4n) is 3.85. The van der Waals surface area contributed by atoms with Crippen LogP contribution in [0.4, 0.5) is 11.8 Å². The molecular weight excluding hydrogens is 456 g/mol. The molecule has 0 aromatic carbocycles. The number of aromatic nitrogens is 6. The number of nitrogens with two attached hydrogens (primary N) is 1. The Kier molecular flexibility index (Phi) is 5.44. The quantitative estimate of drug-likeness (QED) is 0.401. The summed E-state index contributed by atoms with van der Waals surface area (Å²) in [6, 6.07) is 7.38. The van der Waals surface area contributed by atoms with Gasteiger partial charge in [-0.3, -0.25) is 4.98 Å². The maximum Gasteiger partial charge on any atom is 0.259 e. The highest BCUT2D eigenvalue weighted by Gasteiger charge is 2.44.